The summed E-state index contributed by atoms with van der Waals surface area (Å²) in [7, 11) is 0. The number of thioether (sulfide) groups is 1. The third-order valence-electron chi connectivity index (χ3n) is 4.07. The van der Waals surface area contributed by atoms with Crippen LogP contribution >= 0.6 is 11.8 Å². The number of ether oxygens (including phenoxy) is 1. The minimum Gasteiger partial charge on any atom is -0.480 e. The predicted octanol–water partition coefficient (Wildman–Crippen LogP) is 1.96. The predicted molar refractivity (Wildman–Crippen MR) is 77.6 cm³/mol. The topological polar surface area (TPSA) is 66.8 Å². The van der Waals surface area contributed by atoms with Gasteiger partial charge in [0, 0.05) is 18.8 Å². The number of carboxylic acids is 1. The van der Waals surface area contributed by atoms with Crippen LogP contribution in [0, 0.1) is 5.92 Å². The van der Waals surface area contributed by atoms with Gasteiger partial charge >= 0.3 is 5.97 Å². The molecule has 1 saturated carbocycles. The van der Waals surface area contributed by atoms with E-state index in [9.17, 15) is 14.7 Å². The Kier molecular flexibility index (Phi) is 5.32. The smallest absolute Gasteiger partial charge is 0.327 e. The summed E-state index contributed by atoms with van der Waals surface area (Å²) < 4.78 is 5.49. The maximum atomic E-state index is 12.4. The molecule has 1 aliphatic carbocycles. The zero-order valence-corrected chi connectivity index (χ0v) is 12.9. The van der Waals surface area contributed by atoms with E-state index in [1.807, 2.05) is 13.8 Å². The number of carbonyl (C=O) groups excluding carboxylic acids is 1. The lowest BCUT2D eigenvalue weighted by molar-refractivity contribution is -0.150. The van der Waals surface area contributed by atoms with Crippen LogP contribution in [-0.2, 0) is 14.3 Å². The van der Waals surface area contributed by atoms with Crippen LogP contribution in [0.3, 0.4) is 0 Å². The lowest BCUT2D eigenvalue weighted by Crippen LogP contribution is -2.47. The van der Waals surface area contributed by atoms with Crippen LogP contribution < -0.4 is 0 Å². The van der Waals surface area contributed by atoms with Gasteiger partial charge in [0.15, 0.2) is 0 Å². The number of hydrogen-bond acceptors (Lipinski definition) is 4. The molecule has 0 spiro atoms. The monoisotopic (exact) mass is 301 g/mol. The van der Waals surface area contributed by atoms with Gasteiger partial charge in [0.25, 0.3) is 0 Å². The van der Waals surface area contributed by atoms with Crippen LogP contribution in [0.15, 0.2) is 0 Å². The van der Waals surface area contributed by atoms with E-state index < -0.39 is 12.0 Å². The van der Waals surface area contributed by atoms with E-state index in [4.69, 9.17) is 4.74 Å². The SMILES string of the molecule is CCOC1CC(CC(=O)N2C(CC)SCC2C(=O)O)C1. The van der Waals surface area contributed by atoms with Gasteiger partial charge in [0.2, 0.25) is 5.91 Å². The molecule has 114 valence electrons. The molecule has 5 nitrogen and oxygen atoms in total. The molecular formula is C14H23NO4S. The molecule has 0 radical (unpaired) electrons. The molecule has 2 unspecified atom stereocenters. The molecule has 2 fully saturated rings. The first-order chi connectivity index (χ1) is 9.56. The average molecular weight is 301 g/mol. The van der Waals surface area contributed by atoms with Crippen molar-refractivity contribution in [3.8, 4) is 0 Å². The third kappa shape index (κ3) is 3.28. The lowest BCUT2D eigenvalue weighted by Gasteiger charge is -2.36. The van der Waals surface area contributed by atoms with Gasteiger partial charge in [-0.25, -0.2) is 4.79 Å². The first kappa shape index (κ1) is 15.6. The lowest BCUT2D eigenvalue weighted by atomic mass is 9.79. The van der Waals surface area contributed by atoms with Gasteiger partial charge in [-0.05, 0) is 32.1 Å². The Morgan fingerprint density at radius 3 is 2.60 bits per heavy atom. The van der Waals surface area contributed by atoms with Gasteiger partial charge in [-0.3, -0.25) is 4.79 Å². The minimum atomic E-state index is -0.886. The Morgan fingerprint density at radius 2 is 2.05 bits per heavy atom. The maximum absolute atomic E-state index is 12.4. The number of amides is 1. The standard InChI is InChI=1S/C14H23NO4S/c1-3-13-15(11(8-20-13)14(17)18)12(16)7-9-5-10(6-9)19-4-2/h9-11,13H,3-8H2,1-2H3,(H,17,18). The second-order valence-corrected chi connectivity index (χ2v) is 6.68. The second kappa shape index (κ2) is 6.80. The third-order valence-corrected chi connectivity index (χ3v) is 5.53. The summed E-state index contributed by atoms with van der Waals surface area (Å²) >= 11 is 1.58. The first-order valence-electron chi connectivity index (χ1n) is 7.33. The Labute approximate surface area is 124 Å². The van der Waals surface area contributed by atoms with Crippen molar-refractivity contribution in [3.63, 3.8) is 0 Å². The summed E-state index contributed by atoms with van der Waals surface area (Å²) in [5, 5.41) is 9.26. The fraction of sp³-hybridized carbons (Fsp3) is 0.857. The second-order valence-electron chi connectivity index (χ2n) is 5.47. The molecule has 1 N–H and O–H groups in total. The number of rotatable bonds is 6. The Bertz CT molecular complexity index is 370. The van der Waals surface area contributed by atoms with Gasteiger partial charge in [-0.2, -0.15) is 0 Å². The Hall–Kier alpha value is -0.750. The molecule has 1 heterocycles. The first-order valence-corrected chi connectivity index (χ1v) is 8.38. The van der Waals surface area contributed by atoms with Gasteiger partial charge in [-0.15, -0.1) is 11.8 Å². The van der Waals surface area contributed by atoms with Crippen LogP contribution in [0.5, 0.6) is 0 Å². The van der Waals surface area contributed by atoms with Crippen molar-refractivity contribution in [1.82, 2.24) is 4.90 Å². The Morgan fingerprint density at radius 1 is 1.35 bits per heavy atom. The minimum absolute atomic E-state index is 0.00537. The average Bonchev–Trinajstić information content (AvgIpc) is 2.80. The summed E-state index contributed by atoms with van der Waals surface area (Å²) in [5.41, 5.74) is 0. The van der Waals surface area contributed by atoms with E-state index in [1.165, 1.54) is 0 Å². The molecule has 2 atom stereocenters. The van der Waals surface area contributed by atoms with E-state index in [1.54, 1.807) is 16.7 Å². The van der Waals surface area contributed by atoms with Gasteiger partial charge in [0.1, 0.15) is 6.04 Å². The van der Waals surface area contributed by atoms with Crippen molar-refractivity contribution >= 4 is 23.6 Å². The number of carbonyl (C=O) groups is 2. The highest BCUT2D eigenvalue weighted by molar-refractivity contribution is 8.00. The van der Waals surface area contributed by atoms with Crippen LogP contribution in [0.4, 0.5) is 0 Å². The van der Waals surface area contributed by atoms with Crippen molar-refractivity contribution in [1.29, 1.82) is 0 Å². The maximum Gasteiger partial charge on any atom is 0.327 e. The quantitative estimate of drug-likeness (QED) is 0.812. The van der Waals surface area contributed by atoms with Crippen molar-refractivity contribution < 1.29 is 19.4 Å². The van der Waals surface area contributed by atoms with Crippen molar-refractivity contribution in [3.05, 3.63) is 0 Å². The van der Waals surface area contributed by atoms with Crippen LogP contribution in [0.1, 0.15) is 39.5 Å². The number of carboxylic acid groups (broad SMARTS) is 1. The van der Waals surface area contributed by atoms with Gasteiger partial charge in [0.05, 0.1) is 11.5 Å². The molecular weight excluding hydrogens is 278 g/mol. The zero-order valence-electron chi connectivity index (χ0n) is 12.1. The van der Waals surface area contributed by atoms with Crippen molar-refractivity contribution in [2.24, 2.45) is 5.92 Å². The van der Waals surface area contributed by atoms with Crippen molar-refractivity contribution in [2.75, 3.05) is 12.4 Å². The van der Waals surface area contributed by atoms with Gasteiger partial charge < -0.3 is 14.7 Å². The summed E-state index contributed by atoms with van der Waals surface area (Å²) in [6.45, 7) is 4.69. The molecule has 0 bridgehead atoms. The molecule has 2 rings (SSSR count). The van der Waals surface area contributed by atoms with E-state index in [0.717, 1.165) is 19.3 Å². The molecule has 6 heteroatoms. The highest BCUT2D eigenvalue weighted by Crippen LogP contribution is 2.36. The van der Waals surface area contributed by atoms with E-state index in [2.05, 4.69) is 0 Å². The van der Waals surface area contributed by atoms with Crippen molar-refractivity contribution in [2.45, 2.75) is 57.1 Å². The largest absolute Gasteiger partial charge is 0.480 e. The molecule has 0 aromatic carbocycles. The van der Waals surface area contributed by atoms with E-state index in [0.29, 0.717) is 30.8 Å². The number of nitrogens with zero attached hydrogens (tertiary/aromatic N) is 1. The zero-order chi connectivity index (χ0) is 14.7. The fourth-order valence-corrected chi connectivity index (χ4v) is 4.34. The number of hydrogen-bond donors (Lipinski definition) is 1. The molecule has 1 aliphatic heterocycles. The summed E-state index contributed by atoms with van der Waals surface area (Å²) in [5.74, 6) is -0.0281. The van der Waals surface area contributed by atoms with Gasteiger partial charge in [-0.1, -0.05) is 6.92 Å². The highest BCUT2D eigenvalue weighted by atomic mass is 32.2. The molecule has 1 saturated heterocycles. The molecule has 20 heavy (non-hydrogen) atoms. The van der Waals surface area contributed by atoms with Crippen LogP contribution in [0.2, 0.25) is 0 Å². The van der Waals surface area contributed by atoms with E-state index in [-0.39, 0.29) is 11.3 Å². The molecule has 0 aromatic heterocycles. The number of aliphatic carboxylic acids is 1. The summed E-state index contributed by atoms with van der Waals surface area (Å²) in [4.78, 5) is 25.3. The van der Waals surface area contributed by atoms with Crippen LogP contribution in [-0.4, -0.2) is 51.8 Å². The highest BCUT2D eigenvalue weighted by Gasteiger charge is 2.42. The normalized spacial score (nSPS) is 33.0. The van der Waals surface area contributed by atoms with E-state index >= 15 is 0 Å². The summed E-state index contributed by atoms with van der Waals surface area (Å²) in [6.07, 6.45) is 3.41. The fourth-order valence-electron chi connectivity index (χ4n) is 2.97. The Balaban J connectivity index is 1.88. The summed E-state index contributed by atoms with van der Waals surface area (Å²) in [6, 6.07) is -0.653. The molecule has 2 aliphatic rings. The van der Waals surface area contributed by atoms with Crippen LogP contribution in [0.25, 0.3) is 0 Å². The molecule has 1 amide bonds. The molecule has 0 aromatic rings.